The molecule has 0 fully saturated rings. The van der Waals surface area contributed by atoms with Crippen LogP contribution in [0, 0.1) is 0 Å². The molecular formula is C21H16ClF3N2O4S3. The molecule has 1 aliphatic carbocycles. The lowest BCUT2D eigenvalue weighted by Crippen LogP contribution is -2.38. The second-order valence-electron chi connectivity index (χ2n) is 7.38. The Hall–Kier alpha value is -2.12. The van der Waals surface area contributed by atoms with Crippen LogP contribution in [0.25, 0.3) is 0 Å². The minimum absolute atomic E-state index is 0.0278. The van der Waals surface area contributed by atoms with Crippen LogP contribution in [0.5, 0.6) is 0 Å². The molecule has 1 aliphatic rings. The van der Waals surface area contributed by atoms with Crippen LogP contribution in [-0.2, 0) is 26.3 Å². The molecule has 34 heavy (non-hydrogen) atoms. The zero-order valence-corrected chi connectivity index (χ0v) is 20.3. The van der Waals surface area contributed by atoms with Crippen LogP contribution in [0.4, 0.5) is 13.2 Å². The smallest absolute Gasteiger partial charge is 0.244 e. The zero-order valence-electron chi connectivity index (χ0n) is 17.1. The average Bonchev–Trinajstić information content (AvgIpc) is 3.16. The van der Waals surface area contributed by atoms with E-state index in [0.29, 0.717) is 27.3 Å². The predicted octanol–water partition coefficient (Wildman–Crippen LogP) is 5.15. The lowest BCUT2D eigenvalue weighted by Gasteiger charge is -2.16. The number of halogens is 4. The van der Waals surface area contributed by atoms with Gasteiger partial charge in [0, 0.05) is 27.1 Å². The van der Waals surface area contributed by atoms with Gasteiger partial charge in [0.25, 0.3) is 0 Å². The Morgan fingerprint density at radius 1 is 1.03 bits per heavy atom. The molecule has 6 nitrogen and oxygen atoms in total. The number of pyridine rings is 1. The maximum Gasteiger partial charge on any atom is 0.511 e. The molecule has 0 radical (unpaired) electrons. The van der Waals surface area contributed by atoms with E-state index in [4.69, 9.17) is 11.6 Å². The van der Waals surface area contributed by atoms with Gasteiger partial charge in [-0.25, -0.2) is 21.8 Å². The lowest BCUT2D eigenvalue weighted by atomic mass is 10.1. The van der Waals surface area contributed by atoms with Crippen LogP contribution in [-0.4, -0.2) is 27.3 Å². The number of fused-ring (bicyclic) bond motifs is 1. The Bertz CT molecular complexity index is 1450. The Morgan fingerprint density at radius 2 is 1.79 bits per heavy atom. The minimum Gasteiger partial charge on any atom is -0.244 e. The van der Waals surface area contributed by atoms with Gasteiger partial charge >= 0.3 is 15.5 Å². The molecule has 1 N–H and O–H groups in total. The fraction of sp³-hybridized carbons (Fsp3) is 0.190. The number of nitrogens with zero attached hydrogens (tertiary/aromatic N) is 1. The van der Waals surface area contributed by atoms with Crippen molar-refractivity contribution in [1.82, 2.24) is 9.71 Å². The third kappa shape index (κ3) is 4.96. The van der Waals surface area contributed by atoms with Crippen LogP contribution >= 0.6 is 23.4 Å². The number of aromatic nitrogens is 1. The first kappa shape index (κ1) is 25.0. The summed E-state index contributed by atoms with van der Waals surface area (Å²) in [6.45, 7) is 0. The maximum atomic E-state index is 13.1. The van der Waals surface area contributed by atoms with Crippen LogP contribution in [0.15, 0.2) is 80.5 Å². The third-order valence-corrected chi connectivity index (χ3v) is 9.47. The normalized spacial score (nSPS) is 16.4. The van der Waals surface area contributed by atoms with Gasteiger partial charge in [0.05, 0.1) is 4.90 Å². The maximum absolute atomic E-state index is 13.1. The van der Waals surface area contributed by atoms with E-state index in [2.05, 4.69) is 4.98 Å². The fourth-order valence-corrected chi connectivity index (χ4v) is 7.18. The minimum atomic E-state index is -5.48. The second kappa shape index (κ2) is 9.15. The molecule has 0 amide bonds. The molecule has 0 aliphatic heterocycles. The van der Waals surface area contributed by atoms with Crippen molar-refractivity contribution in [3.05, 3.63) is 76.9 Å². The monoisotopic (exact) mass is 548 g/mol. The molecule has 1 aromatic heterocycles. The summed E-state index contributed by atoms with van der Waals surface area (Å²) in [5.41, 5.74) is -4.26. The van der Waals surface area contributed by atoms with Crippen LogP contribution in [0.3, 0.4) is 0 Å². The van der Waals surface area contributed by atoms with Gasteiger partial charge < -0.3 is 0 Å². The first-order valence-electron chi connectivity index (χ1n) is 9.73. The van der Waals surface area contributed by atoms with Gasteiger partial charge in [-0.15, -0.1) is 0 Å². The van der Waals surface area contributed by atoms with Gasteiger partial charge in [-0.1, -0.05) is 35.5 Å². The number of hydrogen-bond acceptors (Lipinski definition) is 6. The standard InChI is InChI=1S/C21H16ClF3N2O4S3/c22-14-5-9-18(19(12-14)33(28,29)20-3-1-2-10-26-20)32-15-6-7-16-13(11-15)4-8-17(16)27-34(30,31)21(23,24)25/h1-3,5-7,9-12,17,27H,4,8H2. The summed E-state index contributed by atoms with van der Waals surface area (Å²) < 4.78 is 89.2. The largest absolute Gasteiger partial charge is 0.511 e. The lowest BCUT2D eigenvalue weighted by molar-refractivity contribution is -0.0451. The summed E-state index contributed by atoms with van der Waals surface area (Å²) >= 11 is 7.21. The summed E-state index contributed by atoms with van der Waals surface area (Å²) in [5, 5.41) is 0.0976. The summed E-state index contributed by atoms with van der Waals surface area (Å²) in [6, 6.07) is 12.9. The number of sulfonamides is 1. The highest BCUT2D eigenvalue weighted by atomic mass is 35.5. The zero-order chi connectivity index (χ0) is 24.7. The van der Waals surface area contributed by atoms with Crippen molar-refractivity contribution in [2.45, 2.75) is 44.1 Å². The van der Waals surface area contributed by atoms with Gasteiger partial charge in [-0.2, -0.15) is 17.9 Å². The van der Waals surface area contributed by atoms with Crippen LogP contribution in [0.1, 0.15) is 23.6 Å². The van der Waals surface area contributed by atoms with Crippen molar-refractivity contribution >= 4 is 43.2 Å². The Kier molecular flexibility index (Phi) is 6.73. The van der Waals surface area contributed by atoms with Gasteiger partial charge in [0.15, 0.2) is 5.03 Å². The summed E-state index contributed by atoms with van der Waals surface area (Å²) in [7, 11) is -9.44. The predicted molar refractivity (Wildman–Crippen MR) is 121 cm³/mol. The highest BCUT2D eigenvalue weighted by Gasteiger charge is 2.47. The van der Waals surface area contributed by atoms with Crippen molar-refractivity contribution < 1.29 is 30.0 Å². The van der Waals surface area contributed by atoms with Crippen molar-refractivity contribution in [1.29, 1.82) is 0 Å². The molecule has 3 aromatic rings. The van der Waals surface area contributed by atoms with E-state index in [-0.39, 0.29) is 21.4 Å². The Morgan fingerprint density at radius 3 is 2.47 bits per heavy atom. The molecule has 4 rings (SSSR count). The van der Waals surface area contributed by atoms with Crippen molar-refractivity contribution in [2.75, 3.05) is 0 Å². The second-order valence-corrected chi connectivity index (χ2v) is 12.5. The van der Waals surface area contributed by atoms with Gasteiger partial charge in [0.2, 0.25) is 9.84 Å². The SMILES string of the molecule is O=S(=O)(c1ccccn1)c1cc(Cl)ccc1Sc1ccc2c(c1)CCC2NS(=O)(=O)C(F)(F)F. The average molecular weight is 549 g/mol. The molecule has 1 unspecified atom stereocenters. The topological polar surface area (TPSA) is 93.2 Å². The molecule has 1 atom stereocenters. The Balaban J connectivity index is 1.64. The molecule has 1 heterocycles. The molecule has 180 valence electrons. The summed E-state index contributed by atoms with van der Waals surface area (Å²) in [4.78, 5) is 4.93. The van der Waals surface area contributed by atoms with Gasteiger partial charge in [-0.05, 0) is 66.4 Å². The number of sulfone groups is 1. The van der Waals surface area contributed by atoms with Gasteiger partial charge in [0.1, 0.15) is 0 Å². The van der Waals surface area contributed by atoms with Crippen LogP contribution in [0.2, 0.25) is 5.02 Å². The van der Waals surface area contributed by atoms with Crippen molar-refractivity contribution in [3.8, 4) is 0 Å². The van der Waals surface area contributed by atoms with E-state index in [1.54, 1.807) is 47.2 Å². The van der Waals surface area contributed by atoms with E-state index >= 15 is 0 Å². The Labute approximate surface area is 203 Å². The first-order valence-corrected chi connectivity index (χ1v) is 13.9. The molecule has 13 heteroatoms. The molecular weight excluding hydrogens is 533 g/mol. The summed E-state index contributed by atoms with van der Waals surface area (Å²) in [6.07, 6.45) is 1.92. The summed E-state index contributed by atoms with van der Waals surface area (Å²) in [5.74, 6) is 0. The van der Waals surface area contributed by atoms with E-state index in [9.17, 15) is 30.0 Å². The van der Waals surface area contributed by atoms with E-state index in [1.807, 2.05) is 0 Å². The number of aryl methyl sites for hydroxylation is 1. The number of nitrogens with one attached hydrogen (secondary N) is 1. The molecule has 2 aromatic carbocycles. The van der Waals surface area contributed by atoms with Crippen LogP contribution < -0.4 is 4.72 Å². The van der Waals surface area contributed by atoms with Crippen molar-refractivity contribution in [2.24, 2.45) is 0 Å². The molecule has 0 spiro atoms. The molecule has 0 saturated heterocycles. The van der Waals surface area contributed by atoms with Crippen molar-refractivity contribution in [3.63, 3.8) is 0 Å². The van der Waals surface area contributed by atoms with E-state index in [0.717, 1.165) is 11.8 Å². The highest BCUT2D eigenvalue weighted by molar-refractivity contribution is 8.00. The number of rotatable bonds is 6. The fourth-order valence-electron chi connectivity index (χ4n) is 3.56. The van der Waals surface area contributed by atoms with E-state index in [1.165, 1.54) is 18.3 Å². The highest BCUT2D eigenvalue weighted by Crippen LogP contribution is 2.40. The molecule has 0 saturated carbocycles. The number of alkyl halides is 3. The quantitative estimate of drug-likeness (QED) is 0.458. The third-order valence-electron chi connectivity index (χ3n) is 5.13. The number of benzene rings is 2. The van der Waals surface area contributed by atoms with Gasteiger partial charge in [-0.3, -0.25) is 0 Å². The molecule has 0 bridgehead atoms. The first-order chi connectivity index (χ1) is 15.9. The number of hydrogen-bond donors (Lipinski definition) is 1. The van der Waals surface area contributed by atoms with E-state index < -0.39 is 31.4 Å².